The molecule has 0 radical (unpaired) electrons. The standard InChI is InChI=1S/C12H21N3O/c1-4-15(7-8-16-3)10-12-9-11(13-2)5-6-14-12/h5-6,9H,4,7-8,10H2,1-3H3,(H,13,14). The van der Waals surface area contributed by atoms with Crippen molar-refractivity contribution in [3.8, 4) is 0 Å². The van der Waals surface area contributed by atoms with Gasteiger partial charge in [0, 0.05) is 39.1 Å². The van der Waals surface area contributed by atoms with Crippen molar-refractivity contribution in [2.24, 2.45) is 0 Å². The fraction of sp³-hybridized carbons (Fsp3) is 0.583. The minimum Gasteiger partial charge on any atom is -0.388 e. The lowest BCUT2D eigenvalue weighted by atomic mass is 10.3. The van der Waals surface area contributed by atoms with Crippen LogP contribution < -0.4 is 5.32 Å². The Labute approximate surface area is 97.6 Å². The number of methoxy groups -OCH3 is 1. The molecule has 4 nitrogen and oxygen atoms in total. The van der Waals surface area contributed by atoms with Crippen LogP contribution in [0.4, 0.5) is 5.69 Å². The first-order valence-electron chi connectivity index (χ1n) is 5.64. The van der Waals surface area contributed by atoms with E-state index in [-0.39, 0.29) is 0 Å². The van der Waals surface area contributed by atoms with Crippen LogP contribution >= 0.6 is 0 Å². The Morgan fingerprint density at radius 1 is 1.50 bits per heavy atom. The third-order valence-electron chi connectivity index (χ3n) is 2.55. The maximum absolute atomic E-state index is 5.08. The highest BCUT2D eigenvalue weighted by Crippen LogP contribution is 2.08. The van der Waals surface area contributed by atoms with Gasteiger partial charge in [0.1, 0.15) is 0 Å². The second kappa shape index (κ2) is 7.19. The second-order valence-electron chi connectivity index (χ2n) is 3.65. The van der Waals surface area contributed by atoms with Crippen molar-refractivity contribution in [2.45, 2.75) is 13.5 Å². The number of hydrogen-bond acceptors (Lipinski definition) is 4. The van der Waals surface area contributed by atoms with Gasteiger partial charge in [0.25, 0.3) is 0 Å². The molecule has 0 saturated heterocycles. The average Bonchev–Trinajstić information content (AvgIpc) is 2.34. The molecule has 90 valence electrons. The highest BCUT2D eigenvalue weighted by atomic mass is 16.5. The predicted octanol–water partition coefficient (Wildman–Crippen LogP) is 1.59. The number of anilines is 1. The molecule has 0 amide bonds. The lowest BCUT2D eigenvalue weighted by Crippen LogP contribution is -2.27. The van der Waals surface area contributed by atoms with Crippen molar-refractivity contribution in [1.29, 1.82) is 0 Å². The van der Waals surface area contributed by atoms with Crippen LogP contribution in [0.25, 0.3) is 0 Å². The third-order valence-corrected chi connectivity index (χ3v) is 2.55. The van der Waals surface area contributed by atoms with E-state index < -0.39 is 0 Å². The van der Waals surface area contributed by atoms with Gasteiger partial charge in [-0.3, -0.25) is 9.88 Å². The minimum atomic E-state index is 0.763. The van der Waals surface area contributed by atoms with E-state index in [1.165, 1.54) is 0 Å². The first-order chi connectivity index (χ1) is 7.80. The number of rotatable bonds is 7. The van der Waals surface area contributed by atoms with Gasteiger partial charge in [0.15, 0.2) is 0 Å². The number of likely N-dealkylation sites (N-methyl/N-ethyl adjacent to an activating group) is 1. The summed E-state index contributed by atoms with van der Waals surface area (Å²) in [4.78, 5) is 6.67. The van der Waals surface area contributed by atoms with Crippen molar-refractivity contribution in [2.75, 3.05) is 39.2 Å². The molecular formula is C12H21N3O. The van der Waals surface area contributed by atoms with E-state index in [1.807, 2.05) is 19.3 Å². The molecule has 1 aromatic rings. The molecule has 0 bridgehead atoms. The summed E-state index contributed by atoms with van der Waals surface area (Å²) in [5.74, 6) is 0. The monoisotopic (exact) mass is 223 g/mol. The van der Waals surface area contributed by atoms with E-state index in [0.717, 1.165) is 37.6 Å². The Kier molecular flexibility index (Phi) is 5.82. The van der Waals surface area contributed by atoms with Crippen LogP contribution in [0.1, 0.15) is 12.6 Å². The maximum atomic E-state index is 5.08. The summed E-state index contributed by atoms with van der Waals surface area (Å²) < 4.78 is 5.08. The van der Waals surface area contributed by atoms with Crippen molar-refractivity contribution < 1.29 is 4.74 Å². The fourth-order valence-electron chi connectivity index (χ4n) is 1.52. The van der Waals surface area contributed by atoms with Gasteiger partial charge >= 0.3 is 0 Å². The smallest absolute Gasteiger partial charge is 0.0589 e. The molecule has 0 spiro atoms. The Balaban J connectivity index is 2.55. The van der Waals surface area contributed by atoms with E-state index in [4.69, 9.17) is 4.74 Å². The number of nitrogens with one attached hydrogen (secondary N) is 1. The van der Waals surface area contributed by atoms with Crippen LogP contribution in [0.5, 0.6) is 0 Å². The number of aromatic nitrogens is 1. The molecule has 0 saturated carbocycles. The highest BCUT2D eigenvalue weighted by Gasteiger charge is 2.04. The van der Waals surface area contributed by atoms with Gasteiger partial charge in [-0.05, 0) is 18.7 Å². The summed E-state index contributed by atoms with van der Waals surface area (Å²) in [6.45, 7) is 5.74. The molecule has 0 aliphatic heterocycles. The molecule has 4 heteroatoms. The predicted molar refractivity (Wildman–Crippen MR) is 66.6 cm³/mol. The number of pyridine rings is 1. The molecule has 0 atom stereocenters. The largest absolute Gasteiger partial charge is 0.388 e. The molecule has 0 aliphatic rings. The van der Waals surface area contributed by atoms with Gasteiger partial charge in [0.2, 0.25) is 0 Å². The van der Waals surface area contributed by atoms with E-state index in [9.17, 15) is 0 Å². The van der Waals surface area contributed by atoms with Crippen molar-refractivity contribution in [1.82, 2.24) is 9.88 Å². The van der Waals surface area contributed by atoms with Crippen molar-refractivity contribution >= 4 is 5.69 Å². The first-order valence-corrected chi connectivity index (χ1v) is 5.64. The van der Waals surface area contributed by atoms with Crippen LogP contribution in [0, 0.1) is 0 Å². The van der Waals surface area contributed by atoms with Gasteiger partial charge in [-0.2, -0.15) is 0 Å². The van der Waals surface area contributed by atoms with Gasteiger partial charge in [-0.25, -0.2) is 0 Å². The Bertz CT molecular complexity index is 304. The normalized spacial score (nSPS) is 10.8. The summed E-state index contributed by atoms with van der Waals surface area (Å²) in [7, 11) is 3.65. The van der Waals surface area contributed by atoms with Gasteiger partial charge in [-0.15, -0.1) is 0 Å². The van der Waals surface area contributed by atoms with E-state index >= 15 is 0 Å². The Morgan fingerprint density at radius 2 is 2.31 bits per heavy atom. The summed E-state index contributed by atoms with van der Waals surface area (Å²) in [6.07, 6.45) is 1.84. The average molecular weight is 223 g/mol. The SMILES string of the molecule is CCN(CCOC)Cc1cc(NC)ccn1. The zero-order valence-electron chi connectivity index (χ0n) is 10.4. The van der Waals surface area contributed by atoms with E-state index in [2.05, 4.69) is 28.2 Å². The summed E-state index contributed by atoms with van der Waals surface area (Å²) in [5, 5.41) is 3.12. The summed E-state index contributed by atoms with van der Waals surface area (Å²) >= 11 is 0. The molecule has 0 aromatic carbocycles. The van der Waals surface area contributed by atoms with Crippen LogP contribution in [-0.2, 0) is 11.3 Å². The lowest BCUT2D eigenvalue weighted by molar-refractivity contribution is 0.147. The lowest BCUT2D eigenvalue weighted by Gasteiger charge is -2.19. The zero-order chi connectivity index (χ0) is 11.8. The molecule has 1 heterocycles. The van der Waals surface area contributed by atoms with Crippen LogP contribution in [0.3, 0.4) is 0 Å². The molecule has 1 N–H and O–H groups in total. The Hall–Kier alpha value is -1.13. The molecule has 0 fully saturated rings. The zero-order valence-corrected chi connectivity index (χ0v) is 10.4. The number of ether oxygens (including phenoxy) is 1. The fourth-order valence-corrected chi connectivity index (χ4v) is 1.52. The van der Waals surface area contributed by atoms with Crippen molar-refractivity contribution in [3.63, 3.8) is 0 Å². The van der Waals surface area contributed by atoms with Crippen LogP contribution in [0.15, 0.2) is 18.3 Å². The molecule has 1 rings (SSSR count). The van der Waals surface area contributed by atoms with Gasteiger partial charge in [0.05, 0.1) is 12.3 Å². The van der Waals surface area contributed by atoms with E-state index in [1.54, 1.807) is 7.11 Å². The first kappa shape index (κ1) is 12.9. The highest BCUT2D eigenvalue weighted by molar-refractivity contribution is 5.42. The quantitative estimate of drug-likeness (QED) is 0.761. The minimum absolute atomic E-state index is 0.763. The van der Waals surface area contributed by atoms with Crippen LogP contribution in [-0.4, -0.2) is 43.7 Å². The molecule has 1 aromatic heterocycles. The number of hydrogen-bond donors (Lipinski definition) is 1. The summed E-state index contributed by atoms with van der Waals surface area (Å²) in [6, 6.07) is 4.05. The second-order valence-corrected chi connectivity index (χ2v) is 3.65. The Morgan fingerprint density at radius 3 is 2.94 bits per heavy atom. The third kappa shape index (κ3) is 4.16. The molecule has 0 unspecified atom stereocenters. The topological polar surface area (TPSA) is 37.4 Å². The van der Waals surface area contributed by atoms with Crippen molar-refractivity contribution in [3.05, 3.63) is 24.0 Å². The maximum Gasteiger partial charge on any atom is 0.0589 e. The molecule has 0 aliphatic carbocycles. The molecular weight excluding hydrogens is 202 g/mol. The number of nitrogens with zero attached hydrogens (tertiary/aromatic N) is 2. The van der Waals surface area contributed by atoms with Crippen LogP contribution in [0.2, 0.25) is 0 Å². The van der Waals surface area contributed by atoms with Gasteiger partial charge < -0.3 is 10.1 Å². The molecule has 16 heavy (non-hydrogen) atoms. The van der Waals surface area contributed by atoms with Gasteiger partial charge in [-0.1, -0.05) is 6.92 Å². The van der Waals surface area contributed by atoms with E-state index in [0.29, 0.717) is 0 Å². The summed E-state index contributed by atoms with van der Waals surface area (Å²) in [5.41, 5.74) is 2.19.